The number of phenols is 1. The summed E-state index contributed by atoms with van der Waals surface area (Å²) in [7, 11) is 2.17. The zero-order valence-corrected chi connectivity index (χ0v) is 17.0. The predicted octanol–water partition coefficient (Wildman–Crippen LogP) is 3.92. The average molecular weight is 408 g/mol. The molecule has 0 amide bonds. The molecule has 0 unspecified atom stereocenters. The Balaban J connectivity index is 0.00000210. The summed E-state index contributed by atoms with van der Waals surface area (Å²) in [5.41, 5.74) is 3.67. The lowest BCUT2D eigenvalue weighted by Gasteiger charge is -2.29. The fourth-order valence-electron chi connectivity index (χ4n) is 3.88. The first-order valence-corrected chi connectivity index (χ1v) is 9.25. The minimum atomic E-state index is 0. The molecular weight excluding hydrogens is 385 g/mol. The fraction of sp³-hybridized carbons (Fsp3) is 0.421. The number of hydrogen-bond acceptors (Lipinski definition) is 5. The van der Waals surface area contributed by atoms with E-state index in [1.807, 2.05) is 19.3 Å². The first-order chi connectivity index (χ1) is 12.5. The minimum absolute atomic E-state index is 0. The molecule has 1 fully saturated rings. The van der Waals surface area contributed by atoms with Crippen molar-refractivity contribution in [2.45, 2.75) is 26.3 Å². The van der Waals surface area contributed by atoms with Gasteiger partial charge < -0.3 is 14.6 Å². The maximum absolute atomic E-state index is 10.3. The van der Waals surface area contributed by atoms with Crippen LogP contribution >= 0.6 is 24.0 Å². The van der Waals surface area contributed by atoms with Gasteiger partial charge in [-0.15, -0.1) is 22.6 Å². The van der Waals surface area contributed by atoms with Crippen molar-refractivity contribution in [1.82, 2.24) is 24.6 Å². The highest BCUT2D eigenvalue weighted by Crippen LogP contribution is 2.34. The molecule has 6 nitrogen and oxygen atoms in total. The van der Waals surface area contributed by atoms with Crippen LogP contribution in [0.15, 0.2) is 24.5 Å². The van der Waals surface area contributed by atoms with Crippen LogP contribution in [0.2, 0.25) is 5.02 Å². The van der Waals surface area contributed by atoms with Crippen LogP contribution in [-0.2, 0) is 6.54 Å². The second-order valence-electron chi connectivity index (χ2n) is 7.22. The van der Waals surface area contributed by atoms with Crippen molar-refractivity contribution in [3.8, 4) is 17.0 Å². The third-order valence-electron chi connectivity index (χ3n) is 5.08. The number of benzene rings is 1. The van der Waals surface area contributed by atoms with Gasteiger partial charge in [-0.25, -0.2) is 4.98 Å². The first-order valence-electron chi connectivity index (χ1n) is 8.88. The van der Waals surface area contributed by atoms with Crippen LogP contribution in [0, 0.1) is 12.8 Å². The van der Waals surface area contributed by atoms with Crippen LogP contribution in [0.25, 0.3) is 22.4 Å². The van der Waals surface area contributed by atoms with Gasteiger partial charge in [-0.3, -0.25) is 0 Å². The smallest absolute Gasteiger partial charge is 0.182 e. The van der Waals surface area contributed by atoms with Crippen molar-refractivity contribution in [3.63, 3.8) is 0 Å². The maximum atomic E-state index is 10.3. The van der Waals surface area contributed by atoms with Crippen LogP contribution in [0.3, 0.4) is 0 Å². The molecule has 1 aromatic carbocycles. The van der Waals surface area contributed by atoms with E-state index in [1.54, 1.807) is 6.07 Å². The molecule has 144 valence electrons. The quantitative estimate of drug-likeness (QED) is 0.712. The Kier molecular flexibility index (Phi) is 5.89. The lowest BCUT2D eigenvalue weighted by Crippen LogP contribution is -2.34. The van der Waals surface area contributed by atoms with Gasteiger partial charge in [0.25, 0.3) is 0 Å². The van der Waals surface area contributed by atoms with E-state index in [1.165, 1.54) is 25.5 Å². The molecule has 1 saturated heterocycles. The number of fused-ring (bicyclic) bond motifs is 1. The Labute approximate surface area is 169 Å². The van der Waals surface area contributed by atoms with Crippen LogP contribution in [0.5, 0.6) is 5.75 Å². The molecule has 1 atom stereocenters. The standard InChI is InChI=1S/C19H22ClN5O.ClH/c1-12-6-14(20)7-17(26)18(12)15-8-16-19(23-22-15)25(11-21-16)10-13-4-3-5-24(2)9-13;/h6-8,11,13,26H,3-5,9-10H2,1-2H3;1H/t13-;/m1./s1. The molecule has 1 aliphatic rings. The van der Waals surface area contributed by atoms with Crippen LogP contribution in [-0.4, -0.2) is 49.9 Å². The highest BCUT2D eigenvalue weighted by atomic mass is 35.5. The second kappa shape index (κ2) is 8.00. The molecule has 0 spiro atoms. The molecule has 27 heavy (non-hydrogen) atoms. The molecule has 3 aromatic rings. The Bertz CT molecular complexity index is 935. The van der Waals surface area contributed by atoms with E-state index < -0.39 is 0 Å². The molecule has 8 heteroatoms. The Morgan fingerprint density at radius 2 is 2.07 bits per heavy atom. The van der Waals surface area contributed by atoms with Crippen molar-refractivity contribution in [2.24, 2.45) is 5.92 Å². The van der Waals surface area contributed by atoms with Crippen LogP contribution < -0.4 is 0 Å². The summed E-state index contributed by atoms with van der Waals surface area (Å²) in [6, 6.07) is 5.20. The number of hydrogen-bond donors (Lipinski definition) is 1. The Morgan fingerprint density at radius 3 is 2.81 bits per heavy atom. The lowest BCUT2D eigenvalue weighted by atomic mass is 9.98. The van der Waals surface area contributed by atoms with Gasteiger partial charge in [0.2, 0.25) is 0 Å². The van der Waals surface area contributed by atoms with E-state index in [0.717, 1.165) is 29.8 Å². The summed E-state index contributed by atoms with van der Waals surface area (Å²) in [4.78, 5) is 6.88. The largest absolute Gasteiger partial charge is 0.507 e. The van der Waals surface area contributed by atoms with Gasteiger partial charge in [-0.1, -0.05) is 11.6 Å². The average Bonchev–Trinajstić information content (AvgIpc) is 2.96. The first kappa shape index (κ1) is 19.9. The van der Waals surface area contributed by atoms with Gasteiger partial charge in [0, 0.05) is 23.7 Å². The molecular formula is C19H23Cl2N5O. The zero-order valence-electron chi connectivity index (χ0n) is 15.4. The maximum Gasteiger partial charge on any atom is 0.182 e. The monoisotopic (exact) mass is 407 g/mol. The van der Waals surface area contributed by atoms with E-state index in [-0.39, 0.29) is 18.2 Å². The number of aromatic hydroxyl groups is 1. The number of phenolic OH excluding ortho intramolecular Hbond substituents is 1. The summed E-state index contributed by atoms with van der Waals surface area (Å²) in [6.07, 6.45) is 4.30. The van der Waals surface area contributed by atoms with Gasteiger partial charge in [0.15, 0.2) is 5.65 Å². The van der Waals surface area contributed by atoms with Crippen molar-refractivity contribution in [2.75, 3.05) is 20.1 Å². The third-order valence-corrected chi connectivity index (χ3v) is 5.29. The van der Waals surface area contributed by atoms with E-state index in [2.05, 4.69) is 31.7 Å². The van der Waals surface area contributed by atoms with Gasteiger partial charge in [-0.2, -0.15) is 0 Å². The summed E-state index contributed by atoms with van der Waals surface area (Å²) < 4.78 is 2.09. The molecule has 1 N–H and O–H groups in total. The highest BCUT2D eigenvalue weighted by molar-refractivity contribution is 6.31. The number of aromatic nitrogens is 4. The molecule has 0 aliphatic carbocycles. The number of halogens is 2. The Morgan fingerprint density at radius 1 is 1.26 bits per heavy atom. The number of likely N-dealkylation sites (tertiary alicyclic amines) is 1. The SMILES string of the molecule is Cc1cc(Cl)cc(O)c1-c1cc2ncn(C[C@@H]3CCCN(C)C3)c2nn1.Cl. The number of imidazole rings is 1. The van der Waals surface area contributed by atoms with Crippen molar-refractivity contribution < 1.29 is 5.11 Å². The van der Waals surface area contributed by atoms with Gasteiger partial charge in [0.1, 0.15) is 11.3 Å². The molecule has 4 rings (SSSR count). The van der Waals surface area contributed by atoms with Crippen LogP contribution in [0.4, 0.5) is 0 Å². The van der Waals surface area contributed by atoms with E-state index in [9.17, 15) is 5.11 Å². The van der Waals surface area contributed by atoms with E-state index >= 15 is 0 Å². The van der Waals surface area contributed by atoms with Gasteiger partial charge in [0.05, 0.1) is 12.0 Å². The molecule has 0 saturated carbocycles. The normalized spacial score (nSPS) is 17.8. The lowest BCUT2D eigenvalue weighted by molar-refractivity contribution is 0.195. The van der Waals surface area contributed by atoms with Gasteiger partial charge in [-0.05, 0) is 63.0 Å². The topological polar surface area (TPSA) is 67.1 Å². The highest BCUT2D eigenvalue weighted by Gasteiger charge is 2.19. The number of aryl methyl sites for hydroxylation is 1. The Hall–Kier alpha value is -1.89. The summed E-state index contributed by atoms with van der Waals surface area (Å²) in [6.45, 7) is 5.07. The minimum Gasteiger partial charge on any atom is -0.507 e. The van der Waals surface area contributed by atoms with Gasteiger partial charge >= 0.3 is 0 Å². The number of nitrogens with zero attached hydrogens (tertiary/aromatic N) is 5. The molecule has 3 heterocycles. The number of rotatable bonds is 3. The predicted molar refractivity (Wildman–Crippen MR) is 110 cm³/mol. The molecule has 2 aromatic heterocycles. The fourth-order valence-corrected chi connectivity index (χ4v) is 4.14. The molecule has 1 aliphatic heterocycles. The van der Waals surface area contributed by atoms with Crippen molar-refractivity contribution in [3.05, 3.63) is 35.1 Å². The summed E-state index contributed by atoms with van der Waals surface area (Å²) in [5, 5.41) is 19.5. The second-order valence-corrected chi connectivity index (χ2v) is 7.66. The summed E-state index contributed by atoms with van der Waals surface area (Å²) >= 11 is 6.00. The summed E-state index contributed by atoms with van der Waals surface area (Å²) in [5.74, 6) is 0.712. The van der Waals surface area contributed by atoms with E-state index in [0.29, 0.717) is 22.2 Å². The van der Waals surface area contributed by atoms with Crippen molar-refractivity contribution in [1.29, 1.82) is 0 Å². The third kappa shape index (κ3) is 4.03. The molecule has 0 bridgehead atoms. The van der Waals surface area contributed by atoms with E-state index in [4.69, 9.17) is 11.6 Å². The number of piperidine rings is 1. The zero-order chi connectivity index (χ0) is 18.3. The molecule has 0 radical (unpaired) electrons. The van der Waals surface area contributed by atoms with Crippen LogP contribution in [0.1, 0.15) is 18.4 Å². The van der Waals surface area contributed by atoms with Crippen molar-refractivity contribution >= 4 is 35.2 Å².